The van der Waals surface area contributed by atoms with E-state index in [0.29, 0.717) is 23.6 Å². The second-order valence-electron chi connectivity index (χ2n) is 8.00. The number of aliphatic hydroxyl groups is 3. The third-order valence-electron chi connectivity index (χ3n) is 5.69. The van der Waals surface area contributed by atoms with E-state index in [-0.39, 0.29) is 13.2 Å². The fourth-order valence-electron chi connectivity index (χ4n) is 4.10. The largest absolute Gasteiger partial charge is 0.494 e. The van der Waals surface area contributed by atoms with Gasteiger partial charge in [-0.15, -0.1) is 0 Å². The van der Waals surface area contributed by atoms with Crippen LogP contribution >= 0.6 is 11.6 Å². The molecule has 1 heterocycles. The molecule has 2 aromatic carbocycles. The van der Waals surface area contributed by atoms with Crippen LogP contribution in [0.4, 0.5) is 0 Å². The van der Waals surface area contributed by atoms with Gasteiger partial charge in [-0.25, -0.2) is 0 Å². The van der Waals surface area contributed by atoms with Gasteiger partial charge in [-0.05, 0) is 48.2 Å². The molecule has 1 aliphatic heterocycles. The molecule has 0 amide bonds. The van der Waals surface area contributed by atoms with E-state index in [9.17, 15) is 15.3 Å². The zero-order chi connectivity index (χ0) is 23.3. The van der Waals surface area contributed by atoms with Gasteiger partial charge in [0.2, 0.25) is 0 Å². The Labute approximate surface area is 193 Å². The van der Waals surface area contributed by atoms with Crippen molar-refractivity contribution < 1.29 is 34.3 Å². The van der Waals surface area contributed by atoms with E-state index in [1.54, 1.807) is 12.1 Å². The Morgan fingerprint density at radius 1 is 0.969 bits per heavy atom. The normalized spacial score (nSPS) is 25.0. The van der Waals surface area contributed by atoms with Crippen LogP contribution < -0.4 is 4.74 Å². The van der Waals surface area contributed by atoms with Gasteiger partial charge in [0.1, 0.15) is 35.8 Å². The molecule has 8 heteroatoms. The van der Waals surface area contributed by atoms with Gasteiger partial charge >= 0.3 is 0 Å². The van der Waals surface area contributed by atoms with Gasteiger partial charge in [-0.3, -0.25) is 0 Å². The zero-order valence-corrected chi connectivity index (χ0v) is 19.3. The topological polar surface area (TPSA) is 97.6 Å². The number of hydrogen-bond acceptors (Lipinski definition) is 7. The first-order chi connectivity index (χ1) is 15.3. The van der Waals surface area contributed by atoms with Crippen molar-refractivity contribution >= 4 is 11.6 Å². The Kier molecular flexibility index (Phi) is 8.52. The molecule has 4 atom stereocenters. The summed E-state index contributed by atoms with van der Waals surface area (Å²) >= 11 is 6.45. The summed E-state index contributed by atoms with van der Waals surface area (Å²) in [6.07, 6.45) is -4.51. The van der Waals surface area contributed by atoms with Crippen molar-refractivity contribution in [3.05, 3.63) is 64.2 Å². The summed E-state index contributed by atoms with van der Waals surface area (Å²) < 4.78 is 22.1. The number of aliphatic hydroxyl groups excluding tert-OH is 3. The fraction of sp³-hybridized carbons (Fsp3) is 0.500. The minimum atomic E-state index is -1.44. The van der Waals surface area contributed by atoms with Crippen molar-refractivity contribution in [2.24, 2.45) is 0 Å². The first-order valence-corrected chi connectivity index (χ1v) is 10.9. The van der Waals surface area contributed by atoms with Crippen molar-refractivity contribution in [3.63, 3.8) is 0 Å². The van der Waals surface area contributed by atoms with Crippen LogP contribution in [0.1, 0.15) is 29.7 Å². The number of rotatable bonds is 9. The highest BCUT2D eigenvalue weighted by Crippen LogP contribution is 2.39. The summed E-state index contributed by atoms with van der Waals surface area (Å²) in [5, 5.41) is 32.5. The van der Waals surface area contributed by atoms with Crippen LogP contribution in [0.15, 0.2) is 42.5 Å². The van der Waals surface area contributed by atoms with Crippen molar-refractivity contribution in [2.75, 3.05) is 34.0 Å². The molecule has 0 radical (unpaired) electrons. The molecular weight excluding hydrogens is 436 g/mol. The van der Waals surface area contributed by atoms with E-state index in [1.807, 2.05) is 37.3 Å². The molecule has 0 saturated carbocycles. The van der Waals surface area contributed by atoms with Crippen LogP contribution in [0.25, 0.3) is 0 Å². The molecule has 4 unspecified atom stereocenters. The highest BCUT2D eigenvalue weighted by Gasteiger charge is 2.54. The maximum Gasteiger partial charge on any atom is 0.144 e. The smallest absolute Gasteiger partial charge is 0.144 e. The monoisotopic (exact) mass is 466 g/mol. The van der Waals surface area contributed by atoms with Crippen LogP contribution in [0, 0.1) is 0 Å². The molecular formula is C24H31ClO7. The van der Waals surface area contributed by atoms with Crippen LogP contribution in [0.3, 0.4) is 0 Å². The second kappa shape index (κ2) is 10.9. The highest BCUT2D eigenvalue weighted by atomic mass is 35.5. The fourth-order valence-corrected chi connectivity index (χ4v) is 4.29. The van der Waals surface area contributed by atoms with E-state index < -0.39 is 30.0 Å². The molecule has 1 aliphatic rings. The molecule has 1 saturated heterocycles. The number of ether oxygens (including phenoxy) is 4. The predicted molar refractivity (Wildman–Crippen MR) is 120 cm³/mol. The minimum Gasteiger partial charge on any atom is -0.494 e. The van der Waals surface area contributed by atoms with E-state index in [2.05, 4.69) is 0 Å². The molecule has 32 heavy (non-hydrogen) atoms. The standard InChI is InChI=1S/C24H31ClO7/c1-4-31-18-8-5-15(6-9-18)11-17-12-16(7-10-19(17)25)22-20(26)21(27)23(28)24(32-22,13-29-2)14-30-3/h5-10,12,20-23,26-28H,4,11,13-14H2,1-3H3. The number of methoxy groups -OCH3 is 2. The second-order valence-corrected chi connectivity index (χ2v) is 8.41. The van der Waals surface area contributed by atoms with Crippen molar-refractivity contribution in [2.45, 2.75) is 43.4 Å². The SMILES string of the molecule is CCOc1ccc(Cc2cc(C3OC(COC)(COC)C(O)C(O)C3O)ccc2Cl)cc1. The van der Waals surface area contributed by atoms with Crippen LogP contribution in [0.2, 0.25) is 5.02 Å². The summed E-state index contributed by atoms with van der Waals surface area (Å²) in [5.74, 6) is 0.801. The summed E-state index contributed by atoms with van der Waals surface area (Å²) in [6, 6.07) is 13.1. The lowest BCUT2D eigenvalue weighted by atomic mass is 9.83. The summed E-state index contributed by atoms with van der Waals surface area (Å²) in [4.78, 5) is 0. The maximum atomic E-state index is 10.7. The Hall–Kier alpha value is -1.71. The van der Waals surface area contributed by atoms with Gasteiger partial charge in [0.15, 0.2) is 0 Å². The quantitative estimate of drug-likeness (QED) is 0.522. The van der Waals surface area contributed by atoms with E-state index in [1.165, 1.54) is 14.2 Å². The maximum absolute atomic E-state index is 10.7. The molecule has 0 spiro atoms. The van der Waals surface area contributed by atoms with Crippen LogP contribution in [-0.2, 0) is 20.6 Å². The van der Waals surface area contributed by atoms with Gasteiger partial charge in [-0.1, -0.05) is 35.9 Å². The summed E-state index contributed by atoms with van der Waals surface area (Å²) in [7, 11) is 2.94. The Balaban J connectivity index is 1.89. The van der Waals surface area contributed by atoms with Crippen LogP contribution in [-0.4, -0.2) is 73.3 Å². The van der Waals surface area contributed by atoms with Crippen molar-refractivity contribution in [1.82, 2.24) is 0 Å². The van der Waals surface area contributed by atoms with Crippen molar-refractivity contribution in [3.8, 4) is 5.75 Å². The lowest BCUT2D eigenvalue weighted by molar-refractivity contribution is -0.292. The molecule has 1 fully saturated rings. The van der Waals surface area contributed by atoms with E-state index in [0.717, 1.165) is 16.9 Å². The summed E-state index contributed by atoms with van der Waals surface area (Å²) in [6.45, 7) is 2.50. The Morgan fingerprint density at radius 3 is 2.22 bits per heavy atom. The highest BCUT2D eigenvalue weighted by molar-refractivity contribution is 6.31. The van der Waals surface area contributed by atoms with E-state index >= 15 is 0 Å². The molecule has 0 aliphatic carbocycles. The molecule has 7 nitrogen and oxygen atoms in total. The van der Waals surface area contributed by atoms with E-state index in [4.69, 9.17) is 30.5 Å². The third kappa shape index (κ3) is 5.26. The zero-order valence-electron chi connectivity index (χ0n) is 18.5. The third-order valence-corrected chi connectivity index (χ3v) is 6.06. The van der Waals surface area contributed by atoms with Crippen molar-refractivity contribution in [1.29, 1.82) is 0 Å². The molecule has 0 bridgehead atoms. The lowest BCUT2D eigenvalue weighted by Crippen LogP contribution is -2.65. The van der Waals surface area contributed by atoms with Gasteiger partial charge < -0.3 is 34.3 Å². The summed E-state index contributed by atoms with van der Waals surface area (Å²) in [5.41, 5.74) is 1.18. The Morgan fingerprint density at radius 2 is 1.62 bits per heavy atom. The van der Waals surface area contributed by atoms with Gasteiger partial charge in [0.25, 0.3) is 0 Å². The van der Waals surface area contributed by atoms with Crippen LogP contribution in [0.5, 0.6) is 5.75 Å². The average Bonchev–Trinajstić information content (AvgIpc) is 2.78. The molecule has 176 valence electrons. The lowest BCUT2D eigenvalue weighted by Gasteiger charge is -2.48. The number of hydrogen-bond donors (Lipinski definition) is 3. The molecule has 2 aromatic rings. The molecule has 3 rings (SSSR count). The first-order valence-electron chi connectivity index (χ1n) is 10.5. The first kappa shape index (κ1) is 24.9. The predicted octanol–water partition coefficient (Wildman–Crippen LogP) is 2.52. The average molecular weight is 467 g/mol. The number of benzene rings is 2. The minimum absolute atomic E-state index is 0.0189. The molecule has 3 N–H and O–H groups in total. The van der Waals surface area contributed by atoms with Gasteiger partial charge in [0, 0.05) is 19.2 Å². The van der Waals surface area contributed by atoms with Gasteiger partial charge in [0.05, 0.1) is 19.8 Å². The molecule has 0 aromatic heterocycles. The number of halogens is 1. The van der Waals surface area contributed by atoms with Gasteiger partial charge in [-0.2, -0.15) is 0 Å². The Bertz CT molecular complexity index is 867.